The van der Waals surface area contributed by atoms with Crippen molar-refractivity contribution in [3.63, 3.8) is 0 Å². The van der Waals surface area contributed by atoms with E-state index < -0.39 is 0 Å². The van der Waals surface area contributed by atoms with Crippen molar-refractivity contribution in [1.29, 1.82) is 0 Å². The van der Waals surface area contributed by atoms with Crippen LogP contribution in [0.15, 0.2) is 42.5 Å². The number of carbonyl (C=O) groups is 1. The lowest BCUT2D eigenvalue weighted by Gasteiger charge is -2.03. The summed E-state index contributed by atoms with van der Waals surface area (Å²) in [7, 11) is 0. The smallest absolute Gasteiger partial charge is 0.193 e. The standard InChI is InChI=1S/C14H12FNO/c1-9-8-11(4-7-13(9)15)14(17)10-2-5-12(16)6-3-10/h2-8H,16H2,1H3. The Labute approximate surface area is 98.9 Å². The molecule has 0 saturated heterocycles. The first-order chi connectivity index (χ1) is 8.08. The van der Waals surface area contributed by atoms with Crippen molar-refractivity contribution in [3.8, 4) is 0 Å². The number of hydrogen-bond acceptors (Lipinski definition) is 2. The first-order valence-corrected chi connectivity index (χ1v) is 5.24. The van der Waals surface area contributed by atoms with E-state index in [0.29, 0.717) is 22.4 Å². The van der Waals surface area contributed by atoms with Crippen LogP contribution in [-0.2, 0) is 0 Å². The number of rotatable bonds is 2. The molecule has 2 nitrogen and oxygen atoms in total. The number of carbonyl (C=O) groups excluding carboxylic acids is 1. The number of ketones is 1. The minimum atomic E-state index is -0.307. The molecule has 2 N–H and O–H groups in total. The normalized spacial score (nSPS) is 10.2. The van der Waals surface area contributed by atoms with Crippen LogP contribution in [0.1, 0.15) is 21.5 Å². The summed E-state index contributed by atoms with van der Waals surface area (Å²) in [6, 6.07) is 11.0. The van der Waals surface area contributed by atoms with Gasteiger partial charge in [0.15, 0.2) is 5.78 Å². The molecule has 0 fully saturated rings. The highest BCUT2D eigenvalue weighted by molar-refractivity contribution is 6.09. The van der Waals surface area contributed by atoms with Crippen molar-refractivity contribution in [2.24, 2.45) is 0 Å². The van der Waals surface area contributed by atoms with Gasteiger partial charge in [0.2, 0.25) is 0 Å². The van der Waals surface area contributed by atoms with Crippen molar-refractivity contribution in [3.05, 3.63) is 65.0 Å². The highest BCUT2D eigenvalue weighted by atomic mass is 19.1. The highest BCUT2D eigenvalue weighted by Crippen LogP contribution is 2.15. The lowest BCUT2D eigenvalue weighted by Crippen LogP contribution is -2.02. The second-order valence-electron chi connectivity index (χ2n) is 3.92. The number of halogens is 1. The molecule has 0 aliphatic carbocycles. The Kier molecular flexibility index (Phi) is 2.91. The third-order valence-corrected chi connectivity index (χ3v) is 2.59. The molecule has 86 valence electrons. The van der Waals surface area contributed by atoms with Crippen LogP contribution in [0.5, 0.6) is 0 Å². The van der Waals surface area contributed by atoms with Gasteiger partial charge in [0.05, 0.1) is 0 Å². The Morgan fingerprint density at radius 3 is 2.24 bits per heavy atom. The van der Waals surface area contributed by atoms with Crippen LogP contribution in [0.4, 0.5) is 10.1 Å². The zero-order valence-corrected chi connectivity index (χ0v) is 9.41. The molecule has 0 heterocycles. The highest BCUT2D eigenvalue weighted by Gasteiger charge is 2.10. The maximum Gasteiger partial charge on any atom is 0.193 e. The molecular formula is C14H12FNO. The van der Waals surface area contributed by atoms with E-state index in [0.717, 1.165) is 0 Å². The largest absolute Gasteiger partial charge is 0.399 e. The van der Waals surface area contributed by atoms with E-state index in [1.807, 2.05) is 0 Å². The zero-order chi connectivity index (χ0) is 12.4. The van der Waals surface area contributed by atoms with Gasteiger partial charge in [0.25, 0.3) is 0 Å². The van der Waals surface area contributed by atoms with Gasteiger partial charge in [-0.1, -0.05) is 0 Å². The Bertz CT molecular complexity index is 561. The molecule has 2 rings (SSSR count). The van der Waals surface area contributed by atoms with Gasteiger partial charge >= 0.3 is 0 Å². The summed E-state index contributed by atoms with van der Waals surface area (Å²) in [5.74, 6) is -0.438. The van der Waals surface area contributed by atoms with Gasteiger partial charge < -0.3 is 5.73 Å². The van der Waals surface area contributed by atoms with Crippen LogP contribution in [0.3, 0.4) is 0 Å². The fourth-order valence-corrected chi connectivity index (χ4v) is 1.59. The number of anilines is 1. The van der Waals surface area contributed by atoms with E-state index >= 15 is 0 Å². The van der Waals surface area contributed by atoms with E-state index in [1.54, 1.807) is 37.3 Å². The minimum Gasteiger partial charge on any atom is -0.399 e. The van der Waals surface area contributed by atoms with Gasteiger partial charge in [-0.2, -0.15) is 0 Å². The van der Waals surface area contributed by atoms with E-state index in [2.05, 4.69) is 0 Å². The summed E-state index contributed by atoms with van der Waals surface area (Å²) in [5.41, 5.74) is 7.65. The molecule has 17 heavy (non-hydrogen) atoms. The summed E-state index contributed by atoms with van der Waals surface area (Å²) in [6.45, 7) is 1.63. The number of nitrogen functional groups attached to an aromatic ring is 1. The molecule has 2 aromatic carbocycles. The third kappa shape index (κ3) is 2.33. The SMILES string of the molecule is Cc1cc(C(=O)c2ccc(N)cc2)ccc1F. The Morgan fingerprint density at radius 1 is 1.06 bits per heavy atom. The summed E-state index contributed by atoms with van der Waals surface area (Å²) < 4.78 is 13.1. The number of benzene rings is 2. The molecule has 0 amide bonds. The van der Waals surface area contributed by atoms with Crippen molar-refractivity contribution >= 4 is 11.5 Å². The van der Waals surface area contributed by atoms with Crippen LogP contribution in [0, 0.1) is 12.7 Å². The predicted molar refractivity (Wildman–Crippen MR) is 65.4 cm³/mol. The van der Waals surface area contributed by atoms with Crippen LogP contribution in [0.25, 0.3) is 0 Å². The number of nitrogens with two attached hydrogens (primary N) is 1. The van der Waals surface area contributed by atoms with E-state index in [1.165, 1.54) is 12.1 Å². The fourth-order valence-electron chi connectivity index (χ4n) is 1.59. The first-order valence-electron chi connectivity index (χ1n) is 5.24. The quantitative estimate of drug-likeness (QED) is 0.635. The monoisotopic (exact) mass is 229 g/mol. The van der Waals surface area contributed by atoms with E-state index in [4.69, 9.17) is 5.73 Å². The summed E-state index contributed by atoms with van der Waals surface area (Å²) in [5, 5.41) is 0. The maximum absolute atomic E-state index is 13.1. The minimum absolute atomic E-state index is 0.131. The topological polar surface area (TPSA) is 43.1 Å². The molecular weight excluding hydrogens is 217 g/mol. The molecule has 0 aromatic heterocycles. The van der Waals surface area contributed by atoms with Gasteiger partial charge in [0, 0.05) is 16.8 Å². The fraction of sp³-hybridized carbons (Fsp3) is 0.0714. The number of aryl methyl sites for hydroxylation is 1. The van der Waals surface area contributed by atoms with Crippen molar-refractivity contribution in [2.75, 3.05) is 5.73 Å². The van der Waals surface area contributed by atoms with Gasteiger partial charge in [-0.3, -0.25) is 4.79 Å². The van der Waals surface area contributed by atoms with Gasteiger partial charge in [-0.15, -0.1) is 0 Å². The summed E-state index contributed by atoms with van der Waals surface area (Å²) >= 11 is 0. The van der Waals surface area contributed by atoms with Crippen LogP contribution >= 0.6 is 0 Å². The second kappa shape index (κ2) is 4.37. The maximum atomic E-state index is 13.1. The zero-order valence-electron chi connectivity index (χ0n) is 9.41. The van der Waals surface area contributed by atoms with Crippen LogP contribution < -0.4 is 5.73 Å². The molecule has 0 radical (unpaired) electrons. The molecule has 0 spiro atoms. The van der Waals surface area contributed by atoms with Crippen LogP contribution in [-0.4, -0.2) is 5.78 Å². The Morgan fingerprint density at radius 2 is 1.65 bits per heavy atom. The molecule has 2 aromatic rings. The van der Waals surface area contributed by atoms with Crippen LogP contribution in [0.2, 0.25) is 0 Å². The van der Waals surface area contributed by atoms with Crippen molar-refractivity contribution < 1.29 is 9.18 Å². The van der Waals surface area contributed by atoms with E-state index in [9.17, 15) is 9.18 Å². The number of hydrogen-bond donors (Lipinski definition) is 1. The van der Waals surface area contributed by atoms with Gasteiger partial charge in [0.1, 0.15) is 5.82 Å². The molecule has 0 aliphatic heterocycles. The molecule has 0 unspecified atom stereocenters. The average molecular weight is 229 g/mol. The van der Waals surface area contributed by atoms with Crippen molar-refractivity contribution in [2.45, 2.75) is 6.92 Å². The summed E-state index contributed by atoms with van der Waals surface area (Å²) in [4.78, 5) is 12.1. The Hall–Kier alpha value is -2.16. The van der Waals surface area contributed by atoms with Gasteiger partial charge in [-0.25, -0.2) is 4.39 Å². The molecule has 0 saturated carbocycles. The Balaban J connectivity index is 2.37. The lowest BCUT2D eigenvalue weighted by molar-refractivity contribution is 0.103. The molecule has 3 heteroatoms. The second-order valence-corrected chi connectivity index (χ2v) is 3.92. The molecule has 0 aliphatic rings. The third-order valence-electron chi connectivity index (χ3n) is 2.59. The summed E-state index contributed by atoms with van der Waals surface area (Å²) in [6.07, 6.45) is 0. The average Bonchev–Trinajstić information content (AvgIpc) is 2.33. The van der Waals surface area contributed by atoms with E-state index in [-0.39, 0.29) is 11.6 Å². The first kappa shape index (κ1) is 11.3. The lowest BCUT2D eigenvalue weighted by atomic mass is 10.0. The molecule has 0 bridgehead atoms. The molecule has 0 atom stereocenters. The van der Waals surface area contributed by atoms with Crippen molar-refractivity contribution in [1.82, 2.24) is 0 Å². The van der Waals surface area contributed by atoms with Gasteiger partial charge in [-0.05, 0) is 55.0 Å². The predicted octanol–water partition coefficient (Wildman–Crippen LogP) is 2.95.